The molecular weight excluding hydrogens is 264 g/mol. The first kappa shape index (κ1) is 18.0. The molecule has 1 aliphatic heterocycles. The van der Waals surface area contributed by atoms with Gasteiger partial charge in [-0.2, -0.15) is 0 Å². The lowest BCUT2D eigenvalue weighted by atomic mass is 10.0. The predicted molar refractivity (Wildman–Crippen MR) is 85.9 cm³/mol. The number of amides is 2. The van der Waals surface area contributed by atoms with E-state index in [4.69, 9.17) is 0 Å². The van der Waals surface area contributed by atoms with Crippen molar-refractivity contribution in [1.29, 1.82) is 0 Å². The maximum absolute atomic E-state index is 12.3. The van der Waals surface area contributed by atoms with Gasteiger partial charge >= 0.3 is 0 Å². The third kappa shape index (κ3) is 5.33. The van der Waals surface area contributed by atoms with Crippen molar-refractivity contribution in [2.75, 3.05) is 6.54 Å². The van der Waals surface area contributed by atoms with Crippen LogP contribution >= 0.6 is 0 Å². The summed E-state index contributed by atoms with van der Waals surface area (Å²) in [5.74, 6) is 0.675. The Bertz CT molecular complexity index is 351. The summed E-state index contributed by atoms with van der Waals surface area (Å²) >= 11 is 0. The van der Waals surface area contributed by atoms with Crippen LogP contribution in [0.3, 0.4) is 0 Å². The number of hydrogen-bond acceptors (Lipinski definition) is 2. The average molecular weight is 296 g/mol. The minimum Gasteiger partial charge on any atom is -0.353 e. The van der Waals surface area contributed by atoms with Gasteiger partial charge in [0.1, 0.15) is 0 Å². The van der Waals surface area contributed by atoms with E-state index in [0.717, 1.165) is 25.7 Å². The fraction of sp³-hybridized carbons (Fsp3) is 0.882. The number of hydrogen-bond donors (Lipinski definition) is 1. The van der Waals surface area contributed by atoms with Gasteiger partial charge < -0.3 is 10.2 Å². The minimum absolute atomic E-state index is 0.0491. The topological polar surface area (TPSA) is 49.4 Å². The molecular formula is C17H32N2O2. The van der Waals surface area contributed by atoms with Gasteiger partial charge in [-0.05, 0) is 38.5 Å². The van der Waals surface area contributed by atoms with Crippen LogP contribution in [0.2, 0.25) is 0 Å². The summed E-state index contributed by atoms with van der Waals surface area (Å²) in [5, 5.41) is 3.08. The molecule has 0 radical (unpaired) electrons. The quantitative estimate of drug-likeness (QED) is 0.748. The fourth-order valence-corrected chi connectivity index (χ4v) is 3.01. The highest BCUT2D eigenvalue weighted by molar-refractivity contribution is 5.89. The molecule has 0 aromatic rings. The first-order chi connectivity index (χ1) is 9.88. The molecule has 1 saturated heterocycles. The minimum atomic E-state index is -0.167. The van der Waals surface area contributed by atoms with Gasteiger partial charge in [0.25, 0.3) is 0 Å². The Morgan fingerprint density at radius 1 is 1.24 bits per heavy atom. The van der Waals surface area contributed by atoms with Crippen LogP contribution in [0.5, 0.6) is 0 Å². The van der Waals surface area contributed by atoms with Crippen LogP contribution in [0.4, 0.5) is 0 Å². The lowest BCUT2D eigenvalue weighted by Gasteiger charge is -2.26. The van der Waals surface area contributed by atoms with E-state index in [-0.39, 0.29) is 29.8 Å². The molecule has 122 valence electrons. The molecule has 0 bridgehead atoms. The van der Waals surface area contributed by atoms with E-state index in [1.165, 1.54) is 0 Å². The van der Waals surface area contributed by atoms with Crippen molar-refractivity contribution in [3.05, 3.63) is 0 Å². The largest absolute Gasteiger partial charge is 0.353 e. The lowest BCUT2D eigenvalue weighted by Crippen LogP contribution is -2.40. The SMILES string of the molecule is CCC(CC)N1CC(C(=O)NC(C)CCC(C)C)CC1=O. The molecule has 0 saturated carbocycles. The second-order valence-corrected chi connectivity index (χ2v) is 6.80. The maximum atomic E-state index is 12.3. The Kier molecular flexibility index (Phi) is 7.20. The van der Waals surface area contributed by atoms with E-state index in [2.05, 4.69) is 39.9 Å². The molecule has 1 aliphatic rings. The van der Waals surface area contributed by atoms with Crippen molar-refractivity contribution in [2.45, 2.75) is 78.8 Å². The highest BCUT2D eigenvalue weighted by Gasteiger charge is 2.37. The van der Waals surface area contributed by atoms with Crippen molar-refractivity contribution in [3.63, 3.8) is 0 Å². The Morgan fingerprint density at radius 3 is 2.38 bits per heavy atom. The van der Waals surface area contributed by atoms with E-state index >= 15 is 0 Å². The van der Waals surface area contributed by atoms with E-state index < -0.39 is 0 Å². The Labute approximate surface area is 129 Å². The molecule has 2 atom stereocenters. The molecule has 4 heteroatoms. The van der Waals surface area contributed by atoms with Crippen molar-refractivity contribution >= 4 is 11.8 Å². The van der Waals surface area contributed by atoms with Crippen molar-refractivity contribution in [2.24, 2.45) is 11.8 Å². The van der Waals surface area contributed by atoms with E-state index in [0.29, 0.717) is 18.9 Å². The van der Waals surface area contributed by atoms with Gasteiger partial charge in [-0.15, -0.1) is 0 Å². The molecule has 0 aromatic carbocycles. The molecule has 1 rings (SSSR count). The second-order valence-electron chi connectivity index (χ2n) is 6.80. The Morgan fingerprint density at radius 2 is 1.86 bits per heavy atom. The number of rotatable bonds is 8. The standard InChI is InChI=1S/C17H32N2O2/c1-6-15(7-2)19-11-14(10-16(19)20)17(21)18-13(5)9-8-12(3)4/h12-15H,6-11H2,1-5H3,(H,18,21). The molecule has 0 aliphatic carbocycles. The van der Waals surface area contributed by atoms with Crippen LogP contribution in [-0.4, -0.2) is 35.3 Å². The second kappa shape index (κ2) is 8.40. The van der Waals surface area contributed by atoms with Gasteiger partial charge in [-0.1, -0.05) is 27.7 Å². The molecule has 1 fully saturated rings. The van der Waals surface area contributed by atoms with Crippen molar-refractivity contribution < 1.29 is 9.59 Å². The molecule has 2 unspecified atom stereocenters. The van der Waals surface area contributed by atoms with Gasteiger partial charge in [-0.3, -0.25) is 9.59 Å². The van der Waals surface area contributed by atoms with Crippen molar-refractivity contribution in [3.8, 4) is 0 Å². The Balaban J connectivity index is 2.47. The summed E-state index contributed by atoms with van der Waals surface area (Å²) in [6.07, 6.45) is 4.41. The summed E-state index contributed by atoms with van der Waals surface area (Å²) in [4.78, 5) is 26.3. The zero-order valence-corrected chi connectivity index (χ0v) is 14.3. The third-order valence-corrected chi connectivity index (χ3v) is 4.48. The number of likely N-dealkylation sites (tertiary alicyclic amines) is 1. The average Bonchev–Trinajstić information content (AvgIpc) is 2.80. The first-order valence-electron chi connectivity index (χ1n) is 8.48. The maximum Gasteiger partial charge on any atom is 0.225 e. The fourth-order valence-electron chi connectivity index (χ4n) is 3.01. The number of nitrogens with one attached hydrogen (secondary N) is 1. The van der Waals surface area contributed by atoms with Crippen LogP contribution in [0.15, 0.2) is 0 Å². The summed E-state index contributed by atoms with van der Waals surface area (Å²) in [6.45, 7) is 11.2. The highest BCUT2D eigenvalue weighted by Crippen LogP contribution is 2.23. The predicted octanol–water partition coefficient (Wildman–Crippen LogP) is 2.96. The van der Waals surface area contributed by atoms with Crippen molar-refractivity contribution in [1.82, 2.24) is 10.2 Å². The highest BCUT2D eigenvalue weighted by atomic mass is 16.2. The van der Waals surface area contributed by atoms with Crippen LogP contribution < -0.4 is 5.32 Å². The van der Waals surface area contributed by atoms with Crippen LogP contribution in [0.25, 0.3) is 0 Å². The monoisotopic (exact) mass is 296 g/mol. The molecule has 1 heterocycles. The van der Waals surface area contributed by atoms with Gasteiger partial charge in [0.2, 0.25) is 11.8 Å². The molecule has 21 heavy (non-hydrogen) atoms. The normalized spacial score (nSPS) is 20.4. The molecule has 4 nitrogen and oxygen atoms in total. The van der Waals surface area contributed by atoms with Crippen LogP contribution in [0.1, 0.15) is 66.7 Å². The summed E-state index contributed by atoms with van der Waals surface area (Å²) in [7, 11) is 0. The molecule has 0 aromatic heterocycles. The van der Waals surface area contributed by atoms with Crippen LogP contribution in [-0.2, 0) is 9.59 Å². The van der Waals surface area contributed by atoms with E-state index in [9.17, 15) is 9.59 Å². The first-order valence-corrected chi connectivity index (χ1v) is 8.48. The number of nitrogens with zero attached hydrogens (tertiary/aromatic N) is 1. The number of carbonyl (C=O) groups is 2. The van der Waals surface area contributed by atoms with Crippen LogP contribution in [0, 0.1) is 11.8 Å². The molecule has 2 amide bonds. The van der Waals surface area contributed by atoms with Gasteiger partial charge in [0.05, 0.1) is 5.92 Å². The summed E-state index contributed by atoms with van der Waals surface area (Å²) in [6, 6.07) is 0.478. The zero-order valence-electron chi connectivity index (χ0n) is 14.3. The van der Waals surface area contributed by atoms with Gasteiger partial charge in [0, 0.05) is 25.0 Å². The lowest BCUT2D eigenvalue weighted by molar-refractivity contribution is -0.130. The number of carbonyl (C=O) groups excluding carboxylic acids is 2. The molecule has 0 spiro atoms. The zero-order chi connectivity index (χ0) is 16.0. The van der Waals surface area contributed by atoms with Gasteiger partial charge in [-0.25, -0.2) is 0 Å². The van der Waals surface area contributed by atoms with E-state index in [1.54, 1.807) is 0 Å². The summed E-state index contributed by atoms with van der Waals surface area (Å²) in [5.41, 5.74) is 0. The molecule has 1 N–H and O–H groups in total. The summed E-state index contributed by atoms with van der Waals surface area (Å²) < 4.78 is 0. The van der Waals surface area contributed by atoms with Gasteiger partial charge in [0.15, 0.2) is 0 Å². The Hall–Kier alpha value is -1.06. The third-order valence-electron chi connectivity index (χ3n) is 4.48. The smallest absolute Gasteiger partial charge is 0.225 e. The van der Waals surface area contributed by atoms with E-state index in [1.807, 2.05) is 4.90 Å².